The van der Waals surface area contributed by atoms with E-state index in [0.717, 1.165) is 5.56 Å². The topological polar surface area (TPSA) is 47.9 Å². The van der Waals surface area contributed by atoms with Crippen LogP contribution in [0.3, 0.4) is 0 Å². The summed E-state index contributed by atoms with van der Waals surface area (Å²) in [6.45, 7) is 0.0122. The number of methoxy groups -OCH3 is 2. The third kappa shape index (κ3) is 2.98. The predicted molar refractivity (Wildman–Crippen MR) is 72.0 cm³/mol. The molecule has 0 aliphatic rings. The number of ether oxygens (including phenoxy) is 3. The molecule has 0 saturated carbocycles. The Morgan fingerprint density at radius 2 is 1.47 bits per heavy atom. The Morgan fingerprint density at radius 1 is 0.895 bits per heavy atom. The first-order valence-electron chi connectivity index (χ1n) is 5.87. The zero-order valence-corrected chi connectivity index (χ0v) is 10.9. The van der Waals surface area contributed by atoms with Crippen LogP contribution in [0.4, 0.5) is 0 Å². The Labute approximate surface area is 112 Å². The molecular formula is C15H16O4. The Bertz CT molecular complexity index is 512. The van der Waals surface area contributed by atoms with E-state index in [2.05, 4.69) is 0 Å². The van der Waals surface area contributed by atoms with Gasteiger partial charge in [0, 0.05) is 0 Å². The van der Waals surface area contributed by atoms with Crippen molar-refractivity contribution >= 4 is 0 Å². The molecule has 0 aromatic heterocycles. The molecule has 0 heterocycles. The van der Waals surface area contributed by atoms with Crippen LogP contribution in [0.25, 0.3) is 0 Å². The lowest BCUT2D eigenvalue weighted by molar-refractivity contribution is 0.281. The second-order valence-electron chi connectivity index (χ2n) is 3.90. The van der Waals surface area contributed by atoms with Crippen LogP contribution in [-0.4, -0.2) is 19.3 Å². The second-order valence-corrected chi connectivity index (χ2v) is 3.90. The third-order valence-electron chi connectivity index (χ3n) is 2.71. The normalized spacial score (nSPS) is 10.1. The molecule has 0 aliphatic heterocycles. The van der Waals surface area contributed by atoms with Gasteiger partial charge in [-0.3, -0.25) is 0 Å². The number of hydrogen-bond donors (Lipinski definition) is 1. The molecule has 0 radical (unpaired) electrons. The smallest absolute Gasteiger partial charge is 0.210 e. The van der Waals surface area contributed by atoms with Gasteiger partial charge in [0.15, 0.2) is 11.5 Å². The van der Waals surface area contributed by atoms with Crippen molar-refractivity contribution in [3.63, 3.8) is 0 Å². The summed E-state index contributed by atoms with van der Waals surface area (Å²) in [5, 5.41) is 9.00. The molecule has 0 unspecified atom stereocenters. The van der Waals surface area contributed by atoms with Crippen LogP contribution in [0.15, 0.2) is 42.5 Å². The van der Waals surface area contributed by atoms with Crippen molar-refractivity contribution in [2.45, 2.75) is 6.61 Å². The maximum Gasteiger partial charge on any atom is 0.210 e. The van der Waals surface area contributed by atoms with Crippen molar-refractivity contribution in [1.82, 2.24) is 0 Å². The first-order chi connectivity index (χ1) is 9.28. The monoisotopic (exact) mass is 260 g/mol. The SMILES string of the molecule is COc1cccc(OC)c1Oc1ccc(CO)cc1. The molecule has 4 heteroatoms. The van der Waals surface area contributed by atoms with Gasteiger partial charge in [0.1, 0.15) is 5.75 Å². The van der Waals surface area contributed by atoms with Gasteiger partial charge < -0.3 is 19.3 Å². The van der Waals surface area contributed by atoms with Crippen LogP contribution in [0, 0.1) is 0 Å². The zero-order valence-electron chi connectivity index (χ0n) is 10.9. The highest BCUT2D eigenvalue weighted by Gasteiger charge is 2.12. The average molecular weight is 260 g/mol. The fraction of sp³-hybridized carbons (Fsp3) is 0.200. The standard InChI is InChI=1S/C15H16O4/c1-17-13-4-3-5-14(18-2)15(13)19-12-8-6-11(10-16)7-9-12/h3-9,16H,10H2,1-2H3. The number of benzene rings is 2. The van der Waals surface area contributed by atoms with Crippen molar-refractivity contribution in [2.24, 2.45) is 0 Å². The van der Waals surface area contributed by atoms with Crippen LogP contribution < -0.4 is 14.2 Å². The predicted octanol–water partition coefficient (Wildman–Crippen LogP) is 2.99. The summed E-state index contributed by atoms with van der Waals surface area (Å²) >= 11 is 0. The van der Waals surface area contributed by atoms with E-state index in [1.165, 1.54) is 0 Å². The average Bonchev–Trinajstić information content (AvgIpc) is 2.48. The molecule has 0 spiro atoms. The highest BCUT2D eigenvalue weighted by molar-refractivity contribution is 5.53. The lowest BCUT2D eigenvalue weighted by atomic mass is 10.2. The lowest BCUT2D eigenvalue weighted by Gasteiger charge is -2.13. The molecular weight excluding hydrogens is 244 g/mol. The molecule has 2 aromatic carbocycles. The third-order valence-corrected chi connectivity index (χ3v) is 2.71. The molecule has 1 N–H and O–H groups in total. The van der Waals surface area contributed by atoms with E-state index in [9.17, 15) is 0 Å². The molecule has 19 heavy (non-hydrogen) atoms. The van der Waals surface area contributed by atoms with Gasteiger partial charge in [0.05, 0.1) is 20.8 Å². The first kappa shape index (κ1) is 13.2. The highest BCUT2D eigenvalue weighted by Crippen LogP contribution is 2.39. The maximum atomic E-state index is 9.00. The van der Waals surface area contributed by atoms with Crippen molar-refractivity contribution in [1.29, 1.82) is 0 Å². The number of para-hydroxylation sites is 1. The fourth-order valence-corrected chi connectivity index (χ4v) is 1.70. The number of aliphatic hydroxyl groups excluding tert-OH is 1. The number of hydrogen-bond acceptors (Lipinski definition) is 4. The number of aliphatic hydroxyl groups is 1. The van der Waals surface area contributed by atoms with Gasteiger partial charge >= 0.3 is 0 Å². The summed E-state index contributed by atoms with van der Waals surface area (Å²) in [5.74, 6) is 2.39. The van der Waals surface area contributed by atoms with Crippen LogP contribution >= 0.6 is 0 Å². The van der Waals surface area contributed by atoms with Gasteiger partial charge in [-0.1, -0.05) is 18.2 Å². The highest BCUT2D eigenvalue weighted by atomic mass is 16.5. The Kier molecular flexibility index (Phi) is 4.26. The summed E-state index contributed by atoms with van der Waals surface area (Å²) in [6, 6.07) is 12.6. The first-order valence-corrected chi connectivity index (χ1v) is 5.87. The largest absolute Gasteiger partial charge is 0.493 e. The van der Waals surface area contributed by atoms with Crippen LogP contribution in [0.2, 0.25) is 0 Å². The molecule has 0 bridgehead atoms. The van der Waals surface area contributed by atoms with Gasteiger partial charge in [-0.25, -0.2) is 0 Å². The minimum Gasteiger partial charge on any atom is -0.493 e. The van der Waals surface area contributed by atoms with E-state index in [0.29, 0.717) is 23.0 Å². The number of rotatable bonds is 5. The van der Waals surface area contributed by atoms with E-state index in [-0.39, 0.29) is 6.61 Å². The van der Waals surface area contributed by atoms with Crippen molar-refractivity contribution in [2.75, 3.05) is 14.2 Å². The van der Waals surface area contributed by atoms with Gasteiger partial charge in [0.25, 0.3) is 0 Å². The van der Waals surface area contributed by atoms with Crippen molar-refractivity contribution in [3.8, 4) is 23.0 Å². The van der Waals surface area contributed by atoms with Crippen molar-refractivity contribution < 1.29 is 19.3 Å². The molecule has 0 saturated heterocycles. The van der Waals surface area contributed by atoms with Gasteiger partial charge in [-0.05, 0) is 29.8 Å². The Balaban J connectivity index is 2.30. The quantitative estimate of drug-likeness (QED) is 0.897. The molecule has 4 nitrogen and oxygen atoms in total. The molecule has 2 rings (SSSR count). The fourth-order valence-electron chi connectivity index (χ4n) is 1.70. The molecule has 0 fully saturated rings. The molecule has 100 valence electrons. The minimum absolute atomic E-state index is 0.0122. The minimum atomic E-state index is 0.0122. The summed E-state index contributed by atoms with van der Waals surface area (Å²) in [6.07, 6.45) is 0. The van der Waals surface area contributed by atoms with E-state index >= 15 is 0 Å². The maximum absolute atomic E-state index is 9.00. The molecule has 2 aromatic rings. The van der Waals surface area contributed by atoms with E-state index in [4.69, 9.17) is 19.3 Å². The van der Waals surface area contributed by atoms with Crippen LogP contribution in [0.5, 0.6) is 23.0 Å². The summed E-state index contributed by atoms with van der Waals surface area (Å²) in [5.41, 5.74) is 0.833. The Hall–Kier alpha value is -2.20. The second kappa shape index (κ2) is 6.11. The van der Waals surface area contributed by atoms with Gasteiger partial charge in [-0.2, -0.15) is 0 Å². The van der Waals surface area contributed by atoms with Gasteiger partial charge in [-0.15, -0.1) is 0 Å². The van der Waals surface area contributed by atoms with Crippen LogP contribution in [-0.2, 0) is 6.61 Å². The molecule has 0 amide bonds. The molecule has 0 aliphatic carbocycles. The summed E-state index contributed by atoms with van der Waals surface area (Å²) in [4.78, 5) is 0. The van der Waals surface area contributed by atoms with Gasteiger partial charge in [0.2, 0.25) is 5.75 Å². The zero-order chi connectivity index (χ0) is 13.7. The Morgan fingerprint density at radius 3 is 1.95 bits per heavy atom. The van der Waals surface area contributed by atoms with E-state index in [1.54, 1.807) is 50.6 Å². The molecule has 0 atom stereocenters. The summed E-state index contributed by atoms with van der Waals surface area (Å²) < 4.78 is 16.3. The van der Waals surface area contributed by atoms with E-state index in [1.807, 2.05) is 6.07 Å². The van der Waals surface area contributed by atoms with Crippen LogP contribution in [0.1, 0.15) is 5.56 Å². The summed E-state index contributed by atoms with van der Waals surface area (Å²) in [7, 11) is 3.16. The lowest BCUT2D eigenvalue weighted by Crippen LogP contribution is -1.94. The van der Waals surface area contributed by atoms with Crippen molar-refractivity contribution in [3.05, 3.63) is 48.0 Å². The van der Waals surface area contributed by atoms with E-state index < -0.39 is 0 Å².